The third-order valence-corrected chi connectivity index (χ3v) is 2.85. The van der Waals surface area contributed by atoms with Crippen LogP contribution in [-0.4, -0.2) is 36.7 Å². The molecular weight excluding hydrogens is 290 g/mol. The number of rotatable bonds is 10. The van der Waals surface area contributed by atoms with Crippen LogP contribution in [0.25, 0.3) is 0 Å². The van der Waals surface area contributed by atoms with E-state index in [4.69, 9.17) is 0 Å². The van der Waals surface area contributed by atoms with E-state index in [0.29, 0.717) is 12.1 Å². The van der Waals surface area contributed by atoms with Gasteiger partial charge in [-0.1, -0.05) is 37.4 Å². The molecule has 1 amide bonds. The number of carbonyl (C=O) groups is 1. The average Bonchev–Trinajstić information content (AvgIpc) is 2.93. The number of nitrogens with one attached hydrogen (secondary N) is 1. The number of nitro groups is 1. The van der Waals surface area contributed by atoms with Crippen molar-refractivity contribution in [3.63, 3.8) is 0 Å². The van der Waals surface area contributed by atoms with E-state index in [1.807, 2.05) is 0 Å². The Labute approximate surface area is 128 Å². The van der Waals surface area contributed by atoms with E-state index in [9.17, 15) is 14.9 Å². The Bertz CT molecular complexity index is 527. The second-order valence-electron chi connectivity index (χ2n) is 4.92. The highest BCUT2D eigenvalue weighted by molar-refractivity contribution is 5.84. The number of hydrogen-bond acceptors (Lipinski definition) is 7. The van der Waals surface area contributed by atoms with Crippen molar-refractivity contribution in [2.45, 2.75) is 58.9 Å². The maximum atomic E-state index is 11.6. The molecule has 0 aromatic carbocycles. The van der Waals surface area contributed by atoms with E-state index >= 15 is 0 Å². The van der Waals surface area contributed by atoms with E-state index in [-0.39, 0.29) is 12.5 Å². The molecule has 0 aliphatic carbocycles. The van der Waals surface area contributed by atoms with Crippen molar-refractivity contribution in [2.75, 3.05) is 0 Å². The van der Waals surface area contributed by atoms with Crippen LogP contribution in [0.5, 0.6) is 0 Å². The standard InChI is InChI=1S/C12H21N7O3/c1-3-4-5-6-7-8-11(20)14-13-10(2)9-18-16-12(15-17-18)19(21)22/h3-9H2,1-2H3,(H,14,20)/b13-10+. The average molecular weight is 311 g/mol. The topological polar surface area (TPSA) is 128 Å². The van der Waals surface area contributed by atoms with Crippen molar-refractivity contribution in [3.8, 4) is 0 Å². The molecule has 1 aromatic rings. The number of aromatic nitrogens is 4. The summed E-state index contributed by atoms with van der Waals surface area (Å²) >= 11 is 0. The Hall–Kier alpha value is -2.39. The molecule has 0 spiro atoms. The number of hydrazone groups is 1. The van der Waals surface area contributed by atoms with E-state index in [1.54, 1.807) is 6.92 Å². The van der Waals surface area contributed by atoms with Crippen LogP contribution in [0, 0.1) is 10.1 Å². The van der Waals surface area contributed by atoms with Crippen molar-refractivity contribution in [2.24, 2.45) is 5.10 Å². The number of tetrazole rings is 1. The number of unbranched alkanes of at least 4 members (excludes halogenated alkanes) is 4. The minimum absolute atomic E-state index is 0.123. The molecule has 1 N–H and O–H groups in total. The molecule has 1 rings (SSSR count). The van der Waals surface area contributed by atoms with Crippen molar-refractivity contribution < 1.29 is 9.72 Å². The minimum Gasteiger partial charge on any atom is -0.390 e. The summed E-state index contributed by atoms with van der Waals surface area (Å²) in [6.45, 7) is 3.93. The third-order valence-electron chi connectivity index (χ3n) is 2.85. The summed E-state index contributed by atoms with van der Waals surface area (Å²) in [5.74, 6) is -0.711. The molecule has 0 radical (unpaired) electrons. The molecule has 0 aliphatic heterocycles. The second-order valence-corrected chi connectivity index (χ2v) is 4.92. The summed E-state index contributed by atoms with van der Waals surface area (Å²) < 4.78 is 0. The van der Waals surface area contributed by atoms with Crippen LogP contribution in [0.15, 0.2) is 5.10 Å². The van der Waals surface area contributed by atoms with Crippen molar-refractivity contribution in [3.05, 3.63) is 10.1 Å². The normalized spacial score (nSPS) is 11.5. The molecule has 1 heterocycles. The van der Waals surface area contributed by atoms with E-state index in [1.165, 1.54) is 12.8 Å². The molecule has 0 saturated carbocycles. The predicted molar refractivity (Wildman–Crippen MR) is 79.1 cm³/mol. The Kier molecular flexibility index (Phi) is 7.65. The van der Waals surface area contributed by atoms with Gasteiger partial charge in [-0.15, -0.1) is 0 Å². The van der Waals surface area contributed by atoms with Crippen LogP contribution in [0.3, 0.4) is 0 Å². The van der Waals surface area contributed by atoms with Gasteiger partial charge in [-0.05, 0) is 18.3 Å². The Morgan fingerprint density at radius 2 is 2.09 bits per heavy atom. The molecule has 10 nitrogen and oxygen atoms in total. The van der Waals surface area contributed by atoms with Gasteiger partial charge < -0.3 is 10.1 Å². The quantitative estimate of drug-likeness (QED) is 0.301. The van der Waals surface area contributed by atoms with E-state index in [2.05, 4.69) is 32.9 Å². The summed E-state index contributed by atoms with van der Waals surface area (Å²) in [5.41, 5.74) is 2.97. The number of amides is 1. The molecule has 22 heavy (non-hydrogen) atoms. The fourth-order valence-corrected chi connectivity index (χ4v) is 1.72. The Morgan fingerprint density at radius 1 is 1.36 bits per heavy atom. The van der Waals surface area contributed by atoms with Gasteiger partial charge in [0.15, 0.2) is 0 Å². The smallest absolute Gasteiger partial charge is 0.390 e. The fourth-order valence-electron chi connectivity index (χ4n) is 1.72. The van der Waals surface area contributed by atoms with Gasteiger partial charge in [0.25, 0.3) is 0 Å². The van der Waals surface area contributed by atoms with Gasteiger partial charge in [0.2, 0.25) is 5.91 Å². The predicted octanol–water partition coefficient (Wildman–Crippen LogP) is 1.43. The third kappa shape index (κ3) is 6.86. The first kappa shape index (κ1) is 17.7. The van der Waals surface area contributed by atoms with Gasteiger partial charge >= 0.3 is 5.95 Å². The molecule has 10 heteroatoms. The van der Waals surface area contributed by atoms with Crippen molar-refractivity contribution in [1.82, 2.24) is 25.6 Å². The maximum absolute atomic E-state index is 11.6. The summed E-state index contributed by atoms with van der Waals surface area (Å²) in [6.07, 6.45) is 5.82. The lowest BCUT2D eigenvalue weighted by Crippen LogP contribution is -2.20. The second kappa shape index (κ2) is 9.53. The Balaban J connectivity index is 2.29. The molecule has 0 aliphatic rings. The lowest BCUT2D eigenvalue weighted by Gasteiger charge is -2.01. The molecule has 1 aromatic heterocycles. The number of hydrogen-bond donors (Lipinski definition) is 1. The van der Waals surface area contributed by atoms with Gasteiger partial charge in [0.05, 0.1) is 15.9 Å². The van der Waals surface area contributed by atoms with Crippen LogP contribution in [0.1, 0.15) is 52.4 Å². The molecule has 0 unspecified atom stereocenters. The summed E-state index contributed by atoms with van der Waals surface area (Å²) in [5, 5.41) is 24.7. The monoisotopic (exact) mass is 311 g/mol. The zero-order chi connectivity index (χ0) is 16.4. The first-order valence-electron chi connectivity index (χ1n) is 7.27. The van der Waals surface area contributed by atoms with Crippen molar-refractivity contribution >= 4 is 17.6 Å². The highest BCUT2D eigenvalue weighted by atomic mass is 16.6. The van der Waals surface area contributed by atoms with Gasteiger partial charge in [0, 0.05) is 11.6 Å². The van der Waals surface area contributed by atoms with Gasteiger partial charge in [-0.2, -0.15) is 5.10 Å². The zero-order valence-corrected chi connectivity index (χ0v) is 12.9. The molecular formula is C12H21N7O3. The van der Waals surface area contributed by atoms with Crippen LogP contribution in [0.4, 0.5) is 5.95 Å². The summed E-state index contributed by atoms with van der Waals surface area (Å²) in [6, 6.07) is 0. The zero-order valence-electron chi connectivity index (χ0n) is 12.9. The van der Waals surface area contributed by atoms with Crippen molar-refractivity contribution in [1.29, 1.82) is 0 Å². The van der Waals surface area contributed by atoms with Crippen LogP contribution < -0.4 is 5.43 Å². The lowest BCUT2D eigenvalue weighted by molar-refractivity contribution is -0.394. The van der Waals surface area contributed by atoms with E-state index in [0.717, 1.165) is 24.1 Å². The van der Waals surface area contributed by atoms with Gasteiger partial charge in [-0.25, -0.2) is 5.43 Å². The largest absolute Gasteiger partial charge is 0.514 e. The summed E-state index contributed by atoms with van der Waals surface area (Å²) in [4.78, 5) is 22.3. The molecule has 0 fully saturated rings. The summed E-state index contributed by atoms with van der Waals surface area (Å²) in [7, 11) is 0. The number of nitrogens with zero attached hydrogens (tertiary/aromatic N) is 6. The van der Waals surface area contributed by atoms with Crippen LogP contribution in [-0.2, 0) is 11.3 Å². The SMILES string of the molecule is CCCCCCCC(=O)N/N=C(\C)Cn1nnc([N+](=O)[O-])n1. The lowest BCUT2D eigenvalue weighted by atomic mass is 10.1. The van der Waals surface area contributed by atoms with Crippen LogP contribution in [0.2, 0.25) is 0 Å². The molecule has 0 bridgehead atoms. The molecule has 0 saturated heterocycles. The first-order valence-corrected chi connectivity index (χ1v) is 7.27. The Morgan fingerprint density at radius 3 is 2.73 bits per heavy atom. The molecule has 0 atom stereocenters. The van der Waals surface area contributed by atoms with Gasteiger partial charge in [0.1, 0.15) is 6.54 Å². The van der Waals surface area contributed by atoms with Gasteiger partial charge in [-0.3, -0.25) is 4.79 Å². The number of carbonyl (C=O) groups excluding carboxylic acids is 1. The highest BCUT2D eigenvalue weighted by Gasteiger charge is 2.15. The van der Waals surface area contributed by atoms with E-state index < -0.39 is 10.9 Å². The maximum Gasteiger partial charge on any atom is 0.514 e. The minimum atomic E-state index is -0.726. The fraction of sp³-hybridized carbons (Fsp3) is 0.750. The first-order chi connectivity index (χ1) is 10.5. The highest BCUT2D eigenvalue weighted by Crippen LogP contribution is 2.04. The molecule has 122 valence electrons. The van der Waals surface area contributed by atoms with Crippen LogP contribution >= 0.6 is 0 Å².